The number of H-pyrrole nitrogens is 1. The van der Waals surface area contributed by atoms with E-state index in [2.05, 4.69) is 4.98 Å². The van der Waals surface area contributed by atoms with Gasteiger partial charge in [-0.2, -0.15) is 0 Å². The van der Waals surface area contributed by atoms with Crippen molar-refractivity contribution in [1.29, 1.82) is 0 Å². The second-order valence-electron chi connectivity index (χ2n) is 8.74. The largest absolute Gasteiger partial charge is 0.493 e. The topological polar surface area (TPSA) is 143 Å². The van der Waals surface area contributed by atoms with Crippen molar-refractivity contribution in [1.82, 2.24) is 4.98 Å². The van der Waals surface area contributed by atoms with Crippen molar-refractivity contribution in [3.63, 3.8) is 0 Å². The van der Waals surface area contributed by atoms with Gasteiger partial charge in [-0.05, 0) is 42.0 Å². The van der Waals surface area contributed by atoms with E-state index in [4.69, 9.17) is 4.74 Å². The number of aryl methyl sites for hydroxylation is 1. The molecule has 38 heavy (non-hydrogen) atoms. The summed E-state index contributed by atoms with van der Waals surface area (Å²) < 4.78 is 6.02. The summed E-state index contributed by atoms with van der Waals surface area (Å²) in [5, 5.41) is 33.6. The molecule has 3 N–H and O–H groups in total. The predicted octanol–water partition coefficient (Wildman–Crippen LogP) is 6.30. The van der Waals surface area contributed by atoms with E-state index >= 15 is 0 Å². The van der Waals surface area contributed by atoms with Gasteiger partial charge in [0.1, 0.15) is 11.4 Å². The molecular weight excluding hydrogens is 488 g/mol. The van der Waals surface area contributed by atoms with Crippen molar-refractivity contribution in [3.8, 4) is 16.9 Å². The monoisotopic (exact) mass is 510 g/mol. The van der Waals surface area contributed by atoms with E-state index in [0.717, 1.165) is 22.6 Å². The molecule has 0 atom stereocenters. The van der Waals surface area contributed by atoms with Gasteiger partial charge >= 0.3 is 11.9 Å². The minimum Gasteiger partial charge on any atom is -0.493 e. The Labute approximate surface area is 216 Å². The zero-order valence-electron chi connectivity index (χ0n) is 20.0. The quantitative estimate of drug-likeness (QED) is 0.120. The van der Waals surface area contributed by atoms with Crippen molar-refractivity contribution in [2.75, 3.05) is 6.61 Å². The number of carboxylic acid groups (broad SMARTS) is 2. The smallest absolute Gasteiger partial charge is 0.352 e. The number of rotatable bonds is 9. The summed E-state index contributed by atoms with van der Waals surface area (Å²) in [5.41, 5.74) is 1.01. The van der Waals surface area contributed by atoms with Gasteiger partial charge in [0.25, 0.3) is 5.69 Å². The normalized spacial score (nSPS) is 11.1. The molecule has 0 saturated carbocycles. The Morgan fingerprint density at radius 3 is 2.37 bits per heavy atom. The molecule has 0 aliphatic heterocycles. The van der Waals surface area contributed by atoms with Crippen LogP contribution in [0, 0.1) is 10.1 Å². The van der Waals surface area contributed by atoms with Gasteiger partial charge in [-0.15, -0.1) is 0 Å². The summed E-state index contributed by atoms with van der Waals surface area (Å²) in [6.07, 6.45) is 0.935. The Kier molecular flexibility index (Phi) is 6.49. The molecule has 1 heterocycles. The maximum atomic E-state index is 12.1. The lowest BCUT2D eigenvalue weighted by Crippen LogP contribution is -2.04. The third-order valence-corrected chi connectivity index (χ3v) is 6.47. The van der Waals surface area contributed by atoms with Crippen LogP contribution in [-0.2, 0) is 6.42 Å². The van der Waals surface area contributed by atoms with Gasteiger partial charge in [-0.25, -0.2) is 9.59 Å². The van der Waals surface area contributed by atoms with E-state index in [1.54, 1.807) is 18.2 Å². The number of benzene rings is 4. The number of nitro benzene ring substituents is 1. The second-order valence-corrected chi connectivity index (χ2v) is 8.74. The number of aromatic carboxylic acids is 2. The molecule has 0 spiro atoms. The maximum absolute atomic E-state index is 12.1. The summed E-state index contributed by atoms with van der Waals surface area (Å²) in [5.74, 6) is -1.67. The number of nitrogens with zero attached hydrogens (tertiary/aromatic N) is 1. The van der Waals surface area contributed by atoms with E-state index in [9.17, 15) is 29.9 Å². The molecular formula is C29H22N2O7. The Morgan fingerprint density at radius 1 is 0.868 bits per heavy atom. The number of nitrogens with one attached hydrogen (secondary N) is 1. The molecule has 1 aromatic heterocycles. The fourth-order valence-electron chi connectivity index (χ4n) is 4.74. The van der Waals surface area contributed by atoms with Gasteiger partial charge in [0, 0.05) is 22.4 Å². The standard InChI is InChI=1S/C29H22N2O7/c32-28(33)18-13-14-20(24(16-18)31(36)37)21-9-4-10-22-23(27(29(34)35)30-26(21)22)11-5-15-38-25-12-3-7-17-6-1-2-8-19(17)25/h1-4,6-10,12-14,16,30H,5,11,15H2,(H,32,33)(H,34,35). The fraction of sp³-hybridized carbons (Fsp3) is 0.103. The number of carboxylic acids is 2. The molecule has 190 valence electrons. The van der Waals surface area contributed by atoms with Crippen LogP contribution in [0.2, 0.25) is 0 Å². The van der Waals surface area contributed by atoms with Crippen LogP contribution < -0.4 is 4.74 Å². The second kappa shape index (κ2) is 10.1. The van der Waals surface area contributed by atoms with E-state index in [1.807, 2.05) is 42.5 Å². The number of carbonyl (C=O) groups is 2. The van der Waals surface area contributed by atoms with Crippen LogP contribution in [0.3, 0.4) is 0 Å². The van der Waals surface area contributed by atoms with Gasteiger partial charge < -0.3 is 19.9 Å². The highest BCUT2D eigenvalue weighted by Gasteiger charge is 2.23. The van der Waals surface area contributed by atoms with Crippen LogP contribution >= 0.6 is 0 Å². The van der Waals surface area contributed by atoms with Crippen molar-refractivity contribution in [2.45, 2.75) is 12.8 Å². The number of aromatic nitrogens is 1. The molecule has 4 aromatic carbocycles. The van der Waals surface area contributed by atoms with E-state index in [-0.39, 0.29) is 22.5 Å². The number of fused-ring (bicyclic) bond motifs is 2. The van der Waals surface area contributed by atoms with E-state index in [1.165, 1.54) is 12.1 Å². The zero-order chi connectivity index (χ0) is 26.8. The summed E-state index contributed by atoms with van der Waals surface area (Å²) in [7, 11) is 0. The molecule has 9 nitrogen and oxygen atoms in total. The van der Waals surface area contributed by atoms with Crippen molar-refractivity contribution in [2.24, 2.45) is 0 Å². The van der Waals surface area contributed by atoms with Crippen LogP contribution in [0.15, 0.2) is 78.9 Å². The van der Waals surface area contributed by atoms with Crippen LogP contribution in [0.4, 0.5) is 5.69 Å². The number of aromatic amines is 1. The summed E-state index contributed by atoms with van der Waals surface area (Å²) in [4.78, 5) is 37.5. The lowest BCUT2D eigenvalue weighted by atomic mass is 9.97. The molecule has 0 amide bonds. The van der Waals surface area contributed by atoms with Crippen LogP contribution in [-0.4, -0.2) is 38.7 Å². The average molecular weight is 511 g/mol. The third kappa shape index (κ3) is 4.53. The number of hydrogen-bond donors (Lipinski definition) is 3. The minimum atomic E-state index is -1.28. The first-order chi connectivity index (χ1) is 18.3. The van der Waals surface area contributed by atoms with Gasteiger partial charge in [0.15, 0.2) is 0 Å². The van der Waals surface area contributed by atoms with Gasteiger partial charge in [-0.3, -0.25) is 10.1 Å². The number of ether oxygens (including phenoxy) is 1. The number of hydrogen-bond acceptors (Lipinski definition) is 5. The van der Waals surface area contributed by atoms with Crippen LogP contribution in [0.25, 0.3) is 32.8 Å². The highest BCUT2D eigenvalue weighted by Crippen LogP contribution is 2.37. The maximum Gasteiger partial charge on any atom is 0.352 e. The third-order valence-electron chi connectivity index (χ3n) is 6.47. The van der Waals surface area contributed by atoms with Crippen molar-refractivity contribution in [3.05, 3.63) is 106 Å². The number of para-hydroxylation sites is 1. The van der Waals surface area contributed by atoms with Crippen LogP contribution in [0.5, 0.6) is 5.75 Å². The molecule has 0 aliphatic rings. The van der Waals surface area contributed by atoms with Gasteiger partial charge in [0.05, 0.1) is 28.2 Å². The number of nitro groups is 1. The predicted molar refractivity (Wildman–Crippen MR) is 142 cm³/mol. The molecule has 0 saturated heterocycles. The molecule has 9 heteroatoms. The van der Waals surface area contributed by atoms with Gasteiger partial charge in [0.2, 0.25) is 0 Å². The molecule has 5 aromatic rings. The summed E-state index contributed by atoms with van der Waals surface area (Å²) in [6.45, 7) is 0.363. The zero-order valence-corrected chi connectivity index (χ0v) is 20.0. The highest BCUT2D eigenvalue weighted by atomic mass is 16.6. The Balaban J connectivity index is 1.47. The van der Waals surface area contributed by atoms with Crippen molar-refractivity contribution >= 4 is 39.3 Å². The van der Waals surface area contributed by atoms with E-state index in [0.29, 0.717) is 41.5 Å². The fourth-order valence-corrected chi connectivity index (χ4v) is 4.74. The highest BCUT2D eigenvalue weighted by molar-refractivity contribution is 6.04. The molecule has 0 unspecified atom stereocenters. The minimum absolute atomic E-state index is 0.00224. The molecule has 5 rings (SSSR count). The first kappa shape index (κ1) is 24.5. The first-order valence-electron chi connectivity index (χ1n) is 11.8. The average Bonchev–Trinajstić information content (AvgIpc) is 3.30. The van der Waals surface area contributed by atoms with Crippen molar-refractivity contribution < 1.29 is 29.5 Å². The van der Waals surface area contributed by atoms with Crippen LogP contribution in [0.1, 0.15) is 32.8 Å². The Morgan fingerprint density at radius 2 is 1.61 bits per heavy atom. The lowest BCUT2D eigenvalue weighted by Gasteiger charge is -2.10. The Hall–Kier alpha value is -5.18. The summed E-state index contributed by atoms with van der Waals surface area (Å²) >= 11 is 0. The Bertz CT molecular complexity index is 1720. The summed E-state index contributed by atoms with van der Waals surface area (Å²) in [6, 6.07) is 22.5. The van der Waals surface area contributed by atoms with Gasteiger partial charge in [-0.1, -0.05) is 54.6 Å². The molecule has 0 bridgehead atoms. The molecule has 0 aliphatic carbocycles. The SMILES string of the molecule is O=C(O)c1ccc(-c2cccc3c(CCCOc4cccc5ccccc45)c(C(=O)O)[nH]c23)c([N+](=O)[O-])c1. The molecule has 0 fully saturated rings. The van der Waals surface area contributed by atoms with E-state index < -0.39 is 16.9 Å². The molecule has 0 radical (unpaired) electrons. The lowest BCUT2D eigenvalue weighted by molar-refractivity contribution is -0.384. The first-order valence-corrected chi connectivity index (χ1v) is 11.8.